The van der Waals surface area contributed by atoms with Gasteiger partial charge in [-0.3, -0.25) is 9.78 Å². The first-order valence-corrected chi connectivity index (χ1v) is 18.1. The maximum atomic E-state index is 13.2. The monoisotopic (exact) mass is 923 g/mol. The summed E-state index contributed by atoms with van der Waals surface area (Å²) >= 11 is 6.39. The van der Waals surface area contributed by atoms with E-state index in [4.69, 9.17) is 45.7 Å². The van der Waals surface area contributed by atoms with E-state index in [1.54, 1.807) is 18.6 Å². The number of carbonyl (C=O) groups excluding carboxylic acids is 1. The molecule has 1 aromatic carbocycles. The molecule has 0 radical (unpaired) electrons. The molecule has 1 amide bonds. The molecular formula is C36H31ClF9N9O8. The number of nitrogens with zero attached hydrogens (tertiary/aromatic N) is 6. The van der Waals surface area contributed by atoms with Gasteiger partial charge in [-0.15, -0.1) is 0 Å². The summed E-state index contributed by atoms with van der Waals surface area (Å²) in [5.74, 6) is -7.07. The lowest BCUT2D eigenvalue weighted by atomic mass is 9.93. The van der Waals surface area contributed by atoms with Crippen molar-refractivity contribution in [3.05, 3.63) is 77.3 Å². The number of carboxylic acid groups (broad SMARTS) is 3. The van der Waals surface area contributed by atoms with Crippen molar-refractivity contribution in [3.8, 4) is 0 Å². The van der Waals surface area contributed by atoms with Crippen LogP contribution in [0.25, 0.3) is 11.2 Å². The summed E-state index contributed by atoms with van der Waals surface area (Å²) in [6.07, 6.45) is -4.73. The lowest BCUT2D eigenvalue weighted by molar-refractivity contribution is -0.193. The zero-order chi connectivity index (χ0) is 46.7. The van der Waals surface area contributed by atoms with E-state index in [0.717, 1.165) is 66.1 Å². The fourth-order valence-electron chi connectivity index (χ4n) is 5.44. The number of rotatable bonds is 4. The number of pyridine rings is 2. The van der Waals surface area contributed by atoms with Gasteiger partial charge in [-0.05, 0) is 79.1 Å². The van der Waals surface area contributed by atoms with Gasteiger partial charge in [0.15, 0.2) is 5.82 Å². The van der Waals surface area contributed by atoms with Crippen LogP contribution in [0, 0.1) is 5.92 Å². The smallest absolute Gasteiger partial charge is 0.475 e. The Bertz CT molecular complexity index is 2320. The van der Waals surface area contributed by atoms with E-state index in [1.807, 2.05) is 42.6 Å². The minimum absolute atomic E-state index is 0.00994. The van der Waals surface area contributed by atoms with Gasteiger partial charge < -0.3 is 40.6 Å². The normalized spacial score (nSPS) is 13.8. The minimum atomic E-state index is -5.08. The number of aromatic nitrogens is 5. The van der Waals surface area contributed by atoms with Crippen LogP contribution in [0.3, 0.4) is 0 Å². The van der Waals surface area contributed by atoms with Gasteiger partial charge in [0, 0.05) is 43.3 Å². The number of carboxylic acids is 3. The average Bonchev–Trinajstić information content (AvgIpc) is 3.64. The summed E-state index contributed by atoms with van der Waals surface area (Å²) in [7, 11) is 0. The van der Waals surface area contributed by atoms with Gasteiger partial charge in [0.2, 0.25) is 17.6 Å². The summed E-state index contributed by atoms with van der Waals surface area (Å²) in [4.78, 5) is 64.0. The van der Waals surface area contributed by atoms with Gasteiger partial charge in [0.25, 0.3) is 6.01 Å². The van der Waals surface area contributed by atoms with Gasteiger partial charge in [-0.25, -0.2) is 24.4 Å². The summed E-state index contributed by atoms with van der Waals surface area (Å²) < 4.78 is 101. The van der Waals surface area contributed by atoms with Crippen molar-refractivity contribution in [1.82, 2.24) is 24.9 Å². The first-order chi connectivity index (χ1) is 29.4. The summed E-state index contributed by atoms with van der Waals surface area (Å²) in [6, 6.07) is 12.2. The second-order valence-corrected chi connectivity index (χ2v) is 13.4. The van der Waals surface area contributed by atoms with Gasteiger partial charge in [0.05, 0.1) is 18.1 Å². The van der Waals surface area contributed by atoms with Crippen LogP contribution < -0.4 is 20.9 Å². The van der Waals surface area contributed by atoms with E-state index in [9.17, 15) is 44.3 Å². The quantitative estimate of drug-likeness (QED) is 0.0942. The summed E-state index contributed by atoms with van der Waals surface area (Å²) in [6.45, 7) is 1.57. The second kappa shape index (κ2) is 20.7. The third-order valence-corrected chi connectivity index (χ3v) is 8.64. The predicted molar refractivity (Wildman–Crippen MR) is 203 cm³/mol. The van der Waals surface area contributed by atoms with E-state index in [-0.39, 0.29) is 11.8 Å². The Balaban J connectivity index is 0.000000344. The van der Waals surface area contributed by atoms with Gasteiger partial charge >= 0.3 is 36.4 Å². The zero-order valence-electron chi connectivity index (χ0n) is 31.6. The Morgan fingerprint density at radius 3 is 2.00 bits per heavy atom. The molecule has 27 heteroatoms. The SMILES string of the molecule is O=C(CC1CCN(c2nc3cccnc3o2)CC1)Nc1ccc2cc1CCc1cncc(c1)Nc1ncc(Cl)c(n1)N2.O=C(O)C(F)(F)F.O=C(O)C(F)(F)F.O=C(O)C(F)(F)F. The molecular weight excluding hydrogens is 893 g/mol. The molecule has 6 N–H and O–H groups in total. The van der Waals surface area contributed by atoms with Gasteiger partial charge in [0.1, 0.15) is 10.5 Å². The molecule has 6 heterocycles. The standard InChI is InChI=1S/C30H28ClN9O2.3C2HF3O2/c31-23-17-34-29-36-22-12-19(15-32-16-22)3-4-20-14-21(35-27(23)39-29)5-6-24(20)37-26(41)13-18-7-10-40(11-8-18)30-38-25-2-1-9-33-28(25)42-30;3*3-2(4,5)1(6)7/h1-2,5-6,9,12,14-18H,3-4,7-8,10-11,13H2,(H,37,41)(H2,34,35,36,39);3*(H,6,7). The molecule has 1 fully saturated rings. The lowest BCUT2D eigenvalue weighted by Gasteiger charge is -2.30. The second-order valence-electron chi connectivity index (χ2n) is 13.0. The first kappa shape index (κ1) is 48.7. The number of piperidine rings is 1. The van der Waals surface area contributed by atoms with Crippen LogP contribution >= 0.6 is 11.6 Å². The predicted octanol–water partition coefficient (Wildman–Crippen LogP) is 7.79. The molecule has 0 aliphatic carbocycles. The molecule has 0 unspecified atom stereocenters. The van der Waals surface area contributed by atoms with Crippen LogP contribution in [0.5, 0.6) is 0 Å². The molecule has 63 heavy (non-hydrogen) atoms. The highest BCUT2D eigenvalue weighted by molar-refractivity contribution is 6.32. The molecule has 0 spiro atoms. The molecule has 338 valence electrons. The maximum absolute atomic E-state index is 13.2. The fraction of sp³-hybridized carbons (Fsp3) is 0.306. The number of aryl methyl sites for hydroxylation is 2. The molecule has 1 saturated heterocycles. The number of anilines is 6. The van der Waals surface area contributed by atoms with Gasteiger partial charge in [-0.2, -0.15) is 49.5 Å². The fourth-order valence-corrected chi connectivity index (χ4v) is 5.58. The molecule has 6 bridgehead atoms. The van der Waals surface area contributed by atoms with E-state index < -0.39 is 36.4 Å². The highest BCUT2D eigenvalue weighted by Crippen LogP contribution is 2.31. The summed E-state index contributed by atoms with van der Waals surface area (Å²) in [5, 5.41) is 31.5. The number of aliphatic carboxylic acids is 3. The lowest BCUT2D eigenvalue weighted by Crippen LogP contribution is -2.35. The van der Waals surface area contributed by atoms with Crippen LogP contribution in [0.15, 0.2) is 65.6 Å². The number of halogens is 10. The van der Waals surface area contributed by atoms with Crippen molar-refractivity contribution < 1.29 is 78.4 Å². The van der Waals surface area contributed by atoms with Crippen molar-refractivity contribution in [2.45, 2.75) is 50.6 Å². The summed E-state index contributed by atoms with van der Waals surface area (Å²) in [5.41, 5.74) is 5.78. The van der Waals surface area contributed by atoms with Crippen LogP contribution in [0.1, 0.15) is 30.4 Å². The number of oxazole rings is 1. The number of hydrogen-bond acceptors (Lipinski definition) is 13. The number of hydrogen-bond donors (Lipinski definition) is 6. The number of benzene rings is 1. The Kier molecular flexibility index (Phi) is 16.0. The minimum Gasteiger partial charge on any atom is -0.475 e. The average molecular weight is 924 g/mol. The molecule has 0 saturated carbocycles. The topological polar surface area (TPSA) is 246 Å². The van der Waals surface area contributed by atoms with Crippen LogP contribution in [-0.4, -0.2) is 95.7 Å². The number of fused-ring (bicyclic) bond motifs is 7. The van der Waals surface area contributed by atoms with Crippen molar-refractivity contribution in [2.24, 2.45) is 5.92 Å². The molecule has 17 nitrogen and oxygen atoms in total. The van der Waals surface area contributed by atoms with Crippen molar-refractivity contribution in [3.63, 3.8) is 0 Å². The van der Waals surface area contributed by atoms with Crippen LogP contribution in [0.2, 0.25) is 5.02 Å². The Morgan fingerprint density at radius 1 is 0.794 bits per heavy atom. The molecule has 2 aliphatic rings. The Morgan fingerprint density at radius 2 is 1.41 bits per heavy atom. The molecule has 5 aromatic rings. The highest BCUT2D eigenvalue weighted by atomic mass is 35.5. The third-order valence-electron chi connectivity index (χ3n) is 8.36. The van der Waals surface area contributed by atoms with Crippen LogP contribution in [0.4, 0.5) is 74.4 Å². The zero-order valence-corrected chi connectivity index (χ0v) is 32.4. The largest absolute Gasteiger partial charge is 0.490 e. The van der Waals surface area contributed by atoms with E-state index in [1.165, 1.54) is 0 Å². The number of carbonyl (C=O) groups is 4. The molecule has 2 aliphatic heterocycles. The van der Waals surface area contributed by atoms with E-state index in [0.29, 0.717) is 41.4 Å². The number of amides is 1. The van der Waals surface area contributed by atoms with Crippen molar-refractivity contribution >= 4 is 81.5 Å². The van der Waals surface area contributed by atoms with Crippen LogP contribution in [-0.2, 0) is 32.0 Å². The van der Waals surface area contributed by atoms with Crippen molar-refractivity contribution in [1.29, 1.82) is 0 Å². The van der Waals surface area contributed by atoms with E-state index >= 15 is 0 Å². The maximum Gasteiger partial charge on any atom is 0.490 e. The Labute approximate surface area is 352 Å². The number of alkyl halides is 9. The number of nitrogens with one attached hydrogen (secondary N) is 3. The highest BCUT2D eigenvalue weighted by Gasteiger charge is 2.39. The Hall–Kier alpha value is -6.99. The van der Waals surface area contributed by atoms with Gasteiger partial charge in [-0.1, -0.05) is 11.6 Å². The molecule has 0 atom stereocenters. The first-order valence-electron chi connectivity index (χ1n) is 17.7. The molecule has 7 rings (SSSR count). The van der Waals surface area contributed by atoms with Crippen molar-refractivity contribution in [2.75, 3.05) is 33.9 Å². The van der Waals surface area contributed by atoms with E-state index in [2.05, 4.69) is 45.8 Å². The third kappa shape index (κ3) is 15.2. The molecule has 4 aromatic heterocycles.